The van der Waals surface area contributed by atoms with Crippen molar-refractivity contribution in [3.8, 4) is 21.0 Å². The lowest BCUT2D eigenvalue weighted by atomic mass is 10.0. The first kappa shape index (κ1) is 35.9. The molecular weight excluding hydrogens is 697 g/mol. The van der Waals surface area contributed by atoms with Gasteiger partial charge in [-0.25, -0.2) is 19.6 Å². The summed E-state index contributed by atoms with van der Waals surface area (Å²) in [6.45, 7) is 6.98. The van der Waals surface area contributed by atoms with Crippen LogP contribution in [0.2, 0.25) is 0 Å². The van der Waals surface area contributed by atoms with Gasteiger partial charge in [0.25, 0.3) is 0 Å². The van der Waals surface area contributed by atoms with Crippen LogP contribution in [0.3, 0.4) is 0 Å². The number of alkyl carbamates (subject to hydrolysis) is 2. The van der Waals surface area contributed by atoms with Crippen LogP contribution in [0.25, 0.3) is 42.8 Å². The van der Waals surface area contributed by atoms with Gasteiger partial charge in [0.15, 0.2) is 0 Å². The van der Waals surface area contributed by atoms with Gasteiger partial charge in [0.1, 0.15) is 24.2 Å². The van der Waals surface area contributed by atoms with Crippen LogP contribution in [0.1, 0.15) is 68.8 Å². The highest BCUT2D eigenvalue weighted by Crippen LogP contribution is 2.41. The first-order valence-electron chi connectivity index (χ1n) is 17.9. The van der Waals surface area contributed by atoms with Crippen molar-refractivity contribution in [1.29, 1.82) is 0 Å². The summed E-state index contributed by atoms with van der Waals surface area (Å²) < 4.78 is 9.37. The molecule has 0 spiro atoms. The Hall–Kier alpha value is -5.44. The Bertz CT molecular complexity index is 2190. The van der Waals surface area contributed by atoms with Crippen molar-refractivity contribution in [2.45, 2.75) is 64.6 Å². The van der Waals surface area contributed by atoms with Crippen molar-refractivity contribution in [2.24, 2.45) is 5.92 Å². The fraction of sp³-hybridized carbons (Fsp3) is 0.421. The van der Waals surface area contributed by atoms with E-state index in [1.165, 1.54) is 14.2 Å². The van der Waals surface area contributed by atoms with Crippen molar-refractivity contribution in [3.63, 3.8) is 0 Å². The van der Waals surface area contributed by atoms with E-state index in [4.69, 9.17) is 14.7 Å². The minimum absolute atomic E-state index is 0.107. The van der Waals surface area contributed by atoms with Crippen molar-refractivity contribution < 1.29 is 28.7 Å². The van der Waals surface area contributed by atoms with Gasteiger partial charge in [-0.1, -0.05) is 32.0 Å². The number of hydrogen-bond acceptors (Lipinski definition) is 9. The molecule has 0 aliphatic carbocycles. The largest absolute Gasteiger partial charge is 0.453 e. The molecule has 0 unspecified atom stereocenters. The van der Waals surface area contributed by atoms with Crippen LogP contribution in [0.4, 0.5) is 9.59 Å². The smallest absolute Gasteiger partial charge is 0.407 e. The molecule has 278 valence electrons. The second-order valence-electron chi connectivity index (χ2n) is 14.0. The number of H-pyrrole nitrogens is 2. The van der Waals surface area contributed by atoms with Gasteiger partial charge >= 0.3 is 12.2 Å². The van der Waals surface area contributed by atoms with Crippen molar-refractivity contribution in [3.05, 3.63) is 59.8 Å². The quantitative estimate of drug-likeness (QED) is 0.138. The summed E-state index contributed by atoms with van der Waals surface area (Å²) in [4.78, 5) is 72.4. The van der Waals surface area contributed by atoms with E-state index in [-0.39, 0.29) is 36.4 Å². The summed E-state index contributed by atoms with van der Waals surface area (Å²) in [7, 11) is 2.56. The van der Waals surface area contributed by atoms with Gasteiger partial charge in [-0.2, -0.15) is 0 Å². The zero-order chi connectivity index (χ0) is 37.4. The van der Waals surface area contributed by atoms with Crippen LogP contribution in [-0.2, 0) is 19.1 Å². The number of imidazole rings is 2. The highest BCUT2D eigenvalue weighted by atomic mass is 32.1. The third kappa shape index (κ3) is 7.04. The zero-order valence-electron chi connectivity index (χ0n) is 30.4. The highest BCUT2D eigenvalue weighted by molar-refractivity contribution is 7.19. The van der Waals surface area contributed by atoms with Gasteiger partial charge < -0.3 is 39.9 Å². The van der Waals surface area contributed by atoms with Crippen LogP contribution in [-0.4, -0.2) is 93.6 Å². The second kappa shape index (κ2) is 14.9. The number of amides is 4. The molecule has 4 N–H and O–H groups in total. The molecule has 0 radical (unpaired) electrons. The lowest BCUT2D eigenvalue weighted by Crippen LogP contribution is -2.51. The Kier molecular flexibility index (Phi) is 10.1. The van der Waals surface area contributed by atoms with Crippen LogP contribution in [0, 0.1) is 12.8 Å². The number of aromatic nitrogens is 4. The summed E-state index contributed by atoms with van der Waals surface area (Å²) in [5.41, 5.74) is 4.88. The predicted molar refractivity (Wildman–Crippen MR) is 201 cm³/mol. The highest BCUT2D eigenvalue weighted by Gasteiger charge is 2.38. The molecule has 3 atom stereocenters. The molecule has 4 amide bonds. The lowest BCUT2D eigenvalue weighted by Gasteiger charge is -2.30. The normalized spacial score (nSPS) is 17.8. The van der Waals surface area contributed by atoms with E-state index in [2.05, 4.69) is 62.6 Å². The van der Waals surface area contributed by atoms with Crippen LogP contribution < -0.4 is 10.6 Å². The van der Waals surface area contributed by atoms with E-state index in [0.717, 1.165) is 85.7 Å². The summed E-state index contributed by atoms with van der Waals surface area (Å²) >= 11 is 1.69. The summed E-state index contributed by atoms with van der Waals surface area (Å²) in [6.07, 6.45) is 3.84. The molecule has 7 rings (SSSR count). The SMILES string of the molecule is COC(=O)NCC(=O)N1CCC[C@H]1c1nc2ccc3cc(-c4sc(-c5cnc([C@@H]6CCCN6C(=O)[C@@H](NC(=O)OC)C(C)C)[nH]5)cc4C)ccc3c2[nH]1. The summed E-state index contributed by atoms with van der Waals surface area (Å²) in [5.74, 6) is 1.05. The molecule has 15 heteroatoms. The van der Waals surface area contributed by atoms with E-state index in [0.29, 0.717) is 13.1 Å². The summed E-state index contributed by atoms with van der Waals surface area (Å²) in [6, 6.07) is 11.6. The molecule has 5 aromatic rings. The number of ether oxygens (including phenoxy) is 2. The predicted octanol–water partition coefficient (Wildman–Crippen LogP) is 6.21. The first-order valence-corrected chi connectivity index (χ1v) is 18.7. The Balaban J connectivity index is 1.10. The van der Waals surface area contributed by atoms with E-state index in [1.54, 1.807) is 16.2 Å². The number of nitrogens with zero attached hydrogens (tertiary/aromatic N) is 4. The molecule has 2 fully saturated rings. The van der Waals surface area contributed by atoms with Crippen molar-refractivity contribution >= 4 is 57.1 Å². The number of likely N-dealkylation sites (tertiary alicyclic amines) is 2. The third-order valence-corrected chi connectivity index (χ3v) is 11.6. The summed E-state index contributed by atoms with van der Waals surface area (Å²) in [5, 5.41) is 7.29. The van der Waals surface area contributed by atoms with Gasteiger partial charge in [-0.3, -0.25) is 9.59 Å². The molecule has 14 nitrogen and oxygen atoms in total. The molecule has 2 saturated heterocycles. The number of carbonyl (C=O) groups is 4. The molecule has 0 bridgehead atoms. The van der Waals surface area contributed by atoms with Crippen molar-refractivity contribution in [2.75, 3.05) is 33.9 Å². The van der Waals surface area contributed by atoms with Gasteiger partial charge in [-0.15, -0.1) is 11.3 Å². The molecule has 3 aromatic heterocycles. The maximum atomic E-state index is 13.6. The minimum atomic E-state index is -0.690. The fourth-order valence-corrected chi connectivity index (χ4v) is 8.66. The topological polar surface area (TPSA) is 175 Å². The fourth-order valence-electron chi connectivity index (χ4n) is 7.52. The van der Waals surface area contributed by atoms with E-state index < -0.39 is 18.2 Å². The molecular formula is C38H44N8O6S. The Morgan fingerprint density at radius 1 is 0.943 bits per heavy atom. The van der Waals surface area contributed by atoms with Gasteiger partial charge in [0.2, 0.25) is 11.8 Å². The molecule has 2 aliphatic rings. The van der Waals surface area contributed by atoms with E-state index >= 15 is 0 Å². The number of aromatic amines is 2. The van der Waals surface area contributed by atoms with Crippen LogP contribution in [0.15, 0.2) is 42.6 Å². The number of methoxy groups -OCH3 is 2. The number of aryl methyl sites for hydroxylation is 1. The maximum Gasteiger partial charge on any atom is 0.407 e. The third-order valence-electron chi connectivity index (χ3n) is 10.2. The average molecular weight is 741 g/mol. The molecule has 5 heterocycles. The number of fused-ring (bicyclic) bond motifs is 3. The molecule has 2 aliphatic heterocycles. The lowest BCUT2D eigenvalue weighted by molar-refractivity contribution is -0.135. The number of nitrogens with one attached hydrogen (secondary N) is 4. The van der Waals surface area contributed by atoms with E-state index in [1.807, 2.05) is 31.0 Å². The average Bonchev–Trinajstić information content (AvgIpc) is 4.00. The molecule has 2 aromatic carbocycles. The van der Waals surface area contributed by atoms with Crippen LogP contribution >= 0.6 is 11.3 Å². The molecule has 0 saturated carbocycles. The Labute approximate surface area is 310 Å². The monoisotopic (exact) mass is 740 g/mol. The number of thiophene rings is 1. The van der Waals surface area contributed by atoms with Crippen molar-refractivity contribution in [1.82, 2.24) is 40.4 Å². The van der Waals surface area contributed by atoms with E-state index in [9.17, 15) is 19.2 Å². The minimum Gasteiger partial charge on any atom is -0.453 e. The molecule has 53 heavy (non-hydrogen) atoms. The van der Waals surface area contributed by atoms with Gasteiger partial charge in [0.05, 0.1) is 54.1 Å². The number of carbonyl (C=O) groups excluding carboxylic acids is 4. The Morgan fingerprint density at radius 3 is 2.42 bits per heavy atom. The van der Waals surface area contributed by atoms with Gasteiger partial charge in [0, 0.05) is 23.4 Å². The first-order chi connectivity index (χ1) is 25.6. The standard InChI is InChI=1S/C38H44N8O6S/c1-20(2)31(44-38(50)52-5)36(48)46-15-7-8-27(46)34-39-18-26(42-34)29-16-21(3)33(53-29)23-10-12-24-22(17-23)11-13-25-32(24)43-35(41-25)28-9-6-14-45(28)30(47)19-40-37(49)51-4/h10-13,16-18,20,27-28,31H,6-9,14-15,19H2,1-5H3,(H,39,42)(H,40,49)(H,41,43)(H,44,50)/t27-,28-,31-/m0/s1. The zero-order valence-corrected chi connectivity index (χ0v) is 31.3. The number of hydrogen-bond donors (Lipinski definition) is 4. The number of rotatable bonds is 9. The number of benzene rings is 2. The second-order valence-corrected chi connectivity index (χ2v) is 15.0. The van der Waals surface area contributed by atoms with Crippen LogP contribution in [0.5, 0.6) is 0 Å². The Morgan fingerprint density at radius 2 is 1.68 bits per heavy atom. The van der Waals surface area contributed by atoms with Gasteiger partial charge in [-0.05, 0) is 73.2 Å². The maximum absolute atomic E-state index is 13.6.